The number of rotatable bonds is 4. The Balaban J connectivity index is 2.20. The van der Waals surface area contributed by atoms with Crippen molar-refractivity contribution >= 4 is 5.95 Å². The van der Waals surface area contributed by atoms with Gasteiger partial charge in [0.1, 0.15) is 0 Å². The number of aromatic nitrogens is 3. The third kappa shape index (κ3) is 2.88. The highest BCUT2D eigenvalue weighted by atomic mass is 16.7. The second-order valence-corrected chi connectivity index (χ2v) is 3.45. The Morgan fingerprint density at radius 1 is 1.39 bits per heavy atom. The fourth-order valence-corrected chi connectivity index (χ4v) is 1.39. The van der Waals surface area contributed by atoms with Crippen molar-refractivity contribution in [2.24, 2.45) is 0 Å². The van der Waals surface area contributed by atoms with Crippen LogP contribution in [-0.2, 0) is 6.42 Å². The minimum Gasteiger partial charge on any atom is -0.288 e. The SMILES string of the molecule is O=c1[nH]c(N[N+](=O)[O-])ncc1Cc1ccccn1. The van der Waals surface area contributed by atoms with E-state index in [-0.39, 0.29) is 5.95 Å². The van der Waals surface area contributed by atoms with E-state index in [0.717, 1.165) is 5.69 Å². The van der Waals surface area contributed by atoms with Crippen LogP contribution in [0.2, 0.25) is 0 Å². The molecule has 2 heterocycles. The number of anilines is 1. The minimum atomic E-state index is -0.795. The van der Waals surface area contributed by atoms with Crippen LogP contribution < -0.4 is 11.0 Å². The third-order valence-corrected chi connectivity index (χ3v) is 2.17. The normalized spacial score (nSPS) is 10.0. The molecule has 92 valence electrons. The van der Waals surface area contributed by atoms with Crippen molar-refractivity contribution in [2.45, 2.75) is 6.42 Å². The largest absolute Gasteiger partial charge is 0.288 e. The summed E-state index contributed by atoms with van der Waals surface area (Å²) >= 11 is 0. The van der Waals surface area contributed by atoms with Crippen LogP contribution in [-0.4, -0.2) is 20.0 Å². The zero-order chi connectivity index (χ0) is 13.0. The van der Waals surface area contributed by atoms with E-state index in [0.29, 0.717) is 12.0 Å². The molecule has 0 radical (unpaired) electrons. The number of aromatic amines is 1. The highest BCUT2D eigenvalue weighted by molar-refractivity contribution is 5.23. The first-order valence-corrected chi connectivity index (χ1v) is 5.04. The molecular formula is C10H9N5O3. The van der Waals surface area contributed by atoms with E-state index in [1.807, 2.05) is 6.07 Å². The molecule has 18 heavy (non-hydrogen) atoms. The van der Waals surface area contributed by atoms with Gasteiger partial charge in [0, 0.05) is 30.1 Å². The van der Waals surface area contributed by atoms with Gasteiger partial charge in [-0.15, -0.1) is 0 Å². The van der Waals surface area contributed by atoms with Gasteiger partial charge >= 0.3 is 0 Å². The molecule has 0 atom stereocenters. The van der Waals surface area contributed by atoms with Crippen molar-refractivity contribution in [3.63, 3.8) is 0 Å². The van der Waals surface area contributed by atoms with Crippen LogP contribution in [0.25, 0.3) is 0 Å². The Kier molecular flexibility index (Phi) is 3.28. The number of hydrazine groups is 1. The zero-order valence-corrected chi connectivity index (χ0v) is 9.16. The summed E-state index contributed by atoms with van der Waals surface area (Å²) in [6.45, 7) is 0. The van der Waals surface area contributed by atoms with Crippen molar-refractivity contribution in [1.29, 1.82) is 0 Å². The lowest BCUT2D eigenvalue weighted by molar-refractivity contribution is -0.446. The molecule has 0 bridgehead atoms. The van der Waals surface area contributed by atoms with Gasteiger partial charge in [-0.1, -0.05) is 11.5 Å². The lowest BCUT2D eigenvalue weighted by Gasteiger charge is -2.00. The van der Waals surface area contributed by atoms with E-state index in [2.05, 4.69) is 15.0 Å². The zero-order valence-electron chi connectivity index (χ0n) is 9.16. The van der Waals surface area contributed by atoms with Gasteiger partial charge < -0.3 is 0 Å². The van der Waals surface area contributed by atoms with Gasteiger partial charge in [0.2, 0.25) is 0 Å². The van der Waals surface area contributed by atoms with Crippen molar-refractivity contribution in [1.82, 2.24) is 15.0 Å². The first kappa shape index (κ1) is 11.7. The molecule has 0 aliphatic rings. The highest BCUT2D eigenvalue weighted by Gasteiger charge is 2.07. The van der Waals surface area contributed by atoms with Gasteiger partial charge in [-0.2, -0.15) is 0 Å². The van der Waals surface area contributed by atoms with E-state index in [1.165, 1.54) is 6.20 Å². The van der Waals surface area contributed by atoms with Crippen LogP contribution in [0.5, 0.6) is 0 Å². The van der Waals surface area contributed by atoms with E-state index < -0.39 is 10.6 Å². The number of nitro groups is 1. The van der Waals surface area contributed by atoms with Gasteiger partial charge in [0.15, 0.2) is 5.03 Å². The number of nitrogens with one attached hydrogen (secondary N) is 2. The van der Waals surface area contributed by atoms with Gasteiger partial charge in [-0.05, 0) is 12.1 Å². The molecule has 0 aromatic carbocycles. The summed E-state index contributed by atoms with van der Waals surface area (Å²) in [5.41, 5.74) is 2.46. The summed E-state index contributed by atoms with van der Waals surface area (Å²) in [6.07, 6.45) is 3.24. The molecular weight excluding hydrogens is 238 g/mol. The molecule has 0 fully saturated rings. The van der Waals surface area contributed by atoms with E-state index in [9.17, 15) is 14.9 Å². The lowest BCUT2D eigenvalue weighted by Crippen LogP contribution is -2.19. The predicted molar refractivity (Wildman–Crippen MR) is 62.5 cm³/mol. The van der Waals surface area contributed by atoms with Crippen molar-refractivity contribution < 1.29 is 5.03 Å². The number of pyridine rings is 1. The quantitative estimate of drug-likeness (QED) is 0.595. The molecule has 2 N–H and O–H groups in total. The average molecular weight is 247 g/mol. The van der Waals surface area contributed by atoms with Gasteiger partial charge in [0.25, 0.3) is 11.5 Å². The molecule has 0 spiro atoms. The maximum Gasteiger partial charge on any atom is 0.265 e. The molecule has 0 saturated heterocycles. The monoisotopic (exact) mass is 247 g/mol. The molecule has 0 unspecified atom stereocenters. The first-order chi connectivity index (χ1) is 8.65. The maximum atomic E-state index is 11.6. The summed E-state index contributed by atoms with van der Waals surface area (Å²) in [7, 11) is 0. The van der Waals surface area contributed by atoms with E-state index >= 15 is 0 Å². The fourth-order valence-electron chi connectivity index (χ4n) is 1.39. The van der Waals surface area contributed by atoms with Gasteiger partial charge in [-0.3, -0.25) is 14.8 Å². The maximum absolute atomic E-state index is 11.6. The summed E-state index contributed by atoms with van der Waals surface area (Å²) in [5.74, 6) is -0.199. The number of nitrogens with zero attached hydrogens (tertiary/aromatic N) is 3. The van der Waals surface area contributed by atoms with Crippen LogP contribution in [0.4, 0.5) is 5.95 Å². The van der Waals surface area contributed by atoms with Crippen LogP contribution in [0, 0.1) is 10.1 Å². The van der Waals surface area contributed by atoms with Crippen molar-refractivity contribution in [3.05, 3.63) is 62.3 Å². The second-order valence-electron chi connectivity index (χ2n) is 3.45. The van der Waals surface area contributed by atoms with Crippen LogP contribution in [0.1, 0.15) is 11.3 Å². The lowest BCUT2D eigenvalue weighted by atomic mass is 10.2. The Morgan fingerprint density at radius 3 is 2.83 bits per heavy atom. The molecule has 2 aromatic heterocycles. The van der Waals surface area contributed by atoms with E-state index in [4.69, 9.17) is 0 Å². The molecule has 0 aliphatic carbocycles. The molecule has 8 nitrogen and oxygen atoms in total. The van der Waals surface area contributed by atoms with Crippen molar-refractivity contribution in [2.75, 3.05) is 5.43 Å². The number of hydrogen-bond donors (Lipinski definition) is 2. The molecule has 2 rings (SSSR count). The smallest absolute Gasteiger partial charge is 0.265 e. The minimum absolute atomic E-state index is 0.199. The molecule has 0 saturated carbocycles. The number of hydrogen-bond acceptors (Lipinski definition) is 5. The van der Waals surface area contributed by atoms with Gasteiger partial charge in [0.05, 0.1) is 0 Å². The Labute approximate surface area is 101 Å². The third-order valence-electron chi connectivity index (χ3n) is 2.17. The first-order valence-electron chi connectivity index (χ1n) is 5.04. The number of H-pyrrole nitrogens is 1. The molecule has 0 amide bonds. The second kappa shape index (κ2) is 5.04. The van der Waals surface area contributed by atoms with Crippen LogP contribution >= 0.6 is 0 Å². The molecule has 2 aromatic rings. The fraction of sp³-hybridized carbons (Fsp3) is 0.100. The topological polar surface area (TPSA) is 114 Å². The average Bonchev–Trinajstić information content (AvgIpc) is 2.33. The predicted octanol–water partition coefficient (Wildman–Crippen LogP) is 0.359. The Hall–Kier alpha value is -2.77. The Morgan fingerprint density at radius 2 is 2.22 bits per heavy atom. The van der Waals surface area contributed by atoms with Crippen LogP contribution in [0.15, 0.2) is 35.4 Å². The summed E-state index contributed by atoms with van der Waals surface area (Å²) in [4.78, 5) is 31.9. The summed E-state index contributed by atoms with van der Waals surface area (Å²) in [6, 6.07) is 5.37. The van der Waals surface area contributed by atoms with Gasteiger partial charge in [-0.25, -0.2) is 15.1 Å². The summed E-state index contributed by atoms with van der Waals surface area (Å²) < 4.78 is 0. The van der Waals surface area contributed by atoms with Crippen molar-refractivity contribution in [3.8, 4) is 0 Å². The Bertz CT molecular complexity index is 610. The molecule has 8 heteroatoms. The highest BCUT2D eigenvalue weighted by Crippen LogP contribution is 2.02. The molecule has 0 aliphatic heterocycles. The standard InChI is InChI=1S/C10H9N5O3/c16-9-7(5-8-3-1-2-4-11-8)6-12-10(13-9)14-15(17)18/h1-4,6H,5H2,(H2,12,13,14,16). The van der Waals surface area contributed by atoms with Crippen LogP contribution in [0.3, 0.4) is 0 Å². The summed E-state index contributed by atoms with van der Waals surface area (Å²) in [5, 5.41) is 9.38. The van der Waals surface area contributed by atoms with E-state index in [1.54, 1.807) is 23.8 Å².